The Morgan fingerprint density at radius 2 is 1.67 bits per heavy atom. The molecule has 0 aliphatic heterocycles. The highest BCUT2D eigenvalue weighted by molar-refractivity contribution is 7.80. The van der Waals surface area contributed by atoms with Crippen LogP contribution in [0.3, 0.4) is 0 Å². The molecule has 2 aromatic carbocycles. The van der Waals surface area contributed by atoms with Crippen molar-refractivity contribution >= 4 is 29.2 Å². The van der Waals surface area contributed by atoms with E-state index in [0.717, 1.165) is 21.2 Å². The molecule has 0 spiro atoms. The average Bonchev–Trinajstić information content (AvgIpc) is 2.75. The molecule has 0 atom stereocenters. The molecule has 0 fully saturated rings. The Morgan fingerprint density at radius 1 is 0.933 bits per heavy atom. The number of fused-ring (bicyclic) bond motifs is 1. The largest absolute Gasteiger partial charge is 0.422 e. The molecule has 0 aliphatic rings. The minimum Gasteiger partial charge on any atom is -0.422 e. The molecule has 5 N–H and O–H groups in total. The van der Waals surface area contributed by atoms with Crippen LogP contribution in [0.25, 0.3) is 10.8 Å². The van der Waals surface area contributed by atoms with Gasteiger partial charge in [0.25, 0.3) is 0 Å². The lowest BCUT2D eigenvalue weighted by atomic mass is 10.2. The Bertz CT molecular complexity index is 1060. The first kappa shape index (κ1) is 24.8. The van der Waals surface area contributed by atoms with Gasteiger partial charge in [-0.3, -0.25) is 4.98 Å². The fourth-order valence-electron chi connectivity index (χ4n) is 2.60. The topological polar surface area (TPSA) is 123 Å². The molecule has 4 rings (SSSR count). The summed E-state index contributed by atoms with van der Waals surface area (Å²) in [6, 6.07) is 17.9. The highest BCUT2D eigenvalue weighted by Crippen LogP contribution is 2.27. The van der Waals surface area contributed by atoms with Gasteiger partial charge in [-0.2, -0.15) is 4.98 Å². The number of aromatic nitrogens is 3. The molecule has 8 heteroatoms. The van der Waals surface area contributed by atoms with Crippen LogP contribution in [0.4, 0.5) is 5.82 Å². The van der Waals surface area contributed by atoms with Crippen LogP contribution in [0, 0.1) is 0 Å². The fraction of sp³-hybridized carbons (Fsp3) is 0.136. The third kappa shape index (κ3) is 6.15. The van der Waals surface area contributed by atoms with E-state index >= 15 is 0 Å². The summed E-state index contributed by atoms with van der Waals surface area (Å²) in [7, 11) is 0. The number of hydrogen-bond acceptors (Lipinski definition) is 6. The van der Waals surface area contributed by atoms with Gasteiger partial charge in [0.1, 0.15) is 5.82 Å². The van der Waals surface area contributed by atoms with Crippen LogP contribution in [0.2, 0.25) is 0 Å². The zero-order chi connectivity index (χ0) is 19.8. The molecule has 0 radical (unpaired) electrons. The predicted molar refractivity (Wildman–Crippen MR) is 123 cm³/mol. The van der Waals surface area contributed by atoms with Crippen molar-refractivity contribution in [2.45, 2.75) is 25.3 Å². The number of anilines is 1. The molecule has 0 amide bonds. The van der Waals surface area contributed by atoms with Gasteiger partial charge in [0.15, 0.2) is 5.75 Å². The predicted octanol–water partition coefficient (Wildman–Crippen LogP) is 4.09. The van der Waals surface area contributed by atoms with Crippen LogP contribution in [-0.4, -0.2) is 25.9 Å². The number of nitrogens with zero attached hydrogens (tertiary/aromatic N) is 3. The number of ether oxygens (including phenoxy) is 1. The van der Waals surface area contributed by atoms with Gasteiger partial charge in [0, 0.05) is 34.6 Å². The van der Waals surface area contributed by atoms with E-state index in [0.29, 0.717) is 18.1 Å². The second kappa shape index (κ2) is 12.4. The summed E-state index contributed by atoms with van der Waals surface area (Å²) in [6.45, 7) is 4.62. The zero-order valence-corrected chi connectivity index (χ0v) is 17.7. The van der Waals surface area contributed by atoms with Crippen LogP contribution in [-0.2, 0) is 6.54 Å². The Balaban J connectivity index is 0.00000109. The highest BCUT2D eigenvalue weighted by atomic mass is 32.1. The maximum absolute atomic E-state index is 5.87. The molecule has 7 nitrogen and oxygen atoms in total. The molecule has 4 aromatic rings. The minimum atomic E-state index is 0. The Morgan fingerprint density at radius 3 is 2.47 bits per heavy atom. The van der Waals surface area contributed by atoms with E-state index in [1.807, 2.05) is 62.4 Å². The van der Waals surface area contributed by atoms with Crippen molar-refractivity contribution in [3.8, 4) is 11.8 Å². The Kier molecular flexibility index (Phi) is 10.3. The van der Waals surface area contributed by atoms with Gasteiger partial charge < -0.3 is 21.0 Å². The van der Waals surface area contributed by atoms with Gasteiger partial charge in [0.05, 0.1) is 6.20 Å². The van der Waals surface area contributed by atoms with E-state index in [1.54, 1.807) is 24.7 Å². The van der Waals surface area contributed by atoms with E-state index in [9.17, 15) is 0 Å². The number of benzene rings is 2. The van der Waals surface area contributed by atoms with Crippen molar-refractivity contribution in [2.24, 2.45) is 0 Å². The van der Waals surface area contributed by atoms with Crippen molar-refractivity contribution in [3.63, 3.8) is 0 Å². The summed E-state index contributed by atoms with van der Waals surface area (Å²) in [6.07, 6.45) is 5.13. The fourth-order valence-corrected chi connectivity index (χ4v) is 2.84. The maximum atomic E-state index is 5.87. The molecule has 0 bridgehead atoms. The lowest BCUT2D eigenvalue weighted by molar-refractivity contribution is 0.445. The van der Waals surface area contributed by atoms with Gasteiger partial charge in [-0.05, 0) is 17.7 Å². The van der Waals surface area contributed by atoms with Crippen molar-refractivity contribution in [1.82, 2.24) is 15.0 Å². The monoisotopic (exact) mass is 426 g/mol. The lowest BCUT2D eigenvalue weighted by Crippen LogP contribution is -2.03. The van der Waals surface area contributed by atoms with E-state index in [4.69, 9.17) is 4.74 Å². The van der Waals surface area contributed by atoms with Crippen molar-refractivity contribution in [1.29, 1.82) is 0 Å². The molecule has 2 heterocycles. The second-order valence-corrected chi connectivity index (χ2v) is 6.15. The smallest absolute Gasteiger partial charge is 0.323 e. The summed E-state index contributed by atoms with van der Waals surface area (Å²) in [5.41, 5.74) is 1.09. The molecule has 30 heavy (non-hydrogen) atoms. The van der Waals surface area contributed by atoms with E-state index in [2.05, 4.69) is 32.9 Å². The molecule has 0 unspecified atom stereocenters. The van der Waals surface area contributed by atoms with Gasteiger partial charge in [-0.25, -0.2) is 4.98 Å². The van der Waals surface area contributed by atoms with E-state index in [-0.39, 0.29) is 17.0 Å². The molecule has 0 aliphatic carbocycles. The average molecular weight is 427 g/mol. The van der Waals surface area contributed by atoms with Gasteiger partial charge in [0.2, 0.25) is 0 Å². The van der Waals surface area contributed by atoms with Crippen LogP contribution in [0.15, 0.2) is 78.1 Å². The molecule has 158 valence electrons. The third-order valence-corrected chi connectivity index (χ3v) is 4.35. The third-order valence-electron chi connectivity index (χ3n) is 3.92. The molecule has 0 saturated carbocycles. The van der Waals surface area contributed by atoms with E-state index in [1.165, 1.54) is 0 Å². The van der Waals surface area contributed by atoms with Gasteiger partial charge >= 0.3 is 6.01 Å². The lowest BCUT2D eigenvalue weighted by Gasteiger charge is -2.10. The highest BCUT2D eigenvalue weighted by Gasteiger charge is 2.07. The van der Waals surface area contributed by atoms with Gasteiger partial charge in [-0.1, -0.05) is 56.3 Å². The zero-order valence-electron chi connectivity index (χ0n) is 16.8. The summed E-state index contributed by atoms with van der Waals surface area (Å²) in [5, 5.41) is 5.24. The molecular weight excluding hydrogens is 400 g/mol. The number of rotatable bonds is 5. The van der Waals surface area contributed by atoms with Crippen molar-refractivity contribution in [3.05, 3.63) is 78.8 Å². The number of pyridine rings is 1. The standard InChI is InChI=1S/C20H16N4OS.C2H6.2H2O/c26-18-8-4-2-6-15(18)12-23-19-9-10-22-20(24-19)25-17-13-21-11-14-5-1-3-7-16(14)17;1-2;;/h1-11,13,26H,12H2,(H,22,23,24);1-2H3;2*1H2. The van der Waals surface area contributed by atoms with E-state index < -0.39 is 0 Å². The van der Waals surface area contributed by atoms with Gasteiger partial charge in [-0.15, -0.1) is 12.6 Å². The quantitative estimate of drug-likeness (QED) is 0.465. The number of nitrogens with one attached hydrogen (secondary N) is 1. The van der Waals surface area contributed by atoms with Crippen LogP contribution in [0.1, 0.15) is 19.4 Å². The van der Waals surface area contributed by atoms with Crippen molar-refractivity contribution < 1.29 is 15.7 Å². The summed E-state index contributed by atoms with van der Waals surface area (Å²) < 4.78 is 5.87. The van der Waals surface area contributed by atoms with Crippen LogP contribution < -0.4 is 10.1 Å². The van der Waals surface area contributed by atoms with Crippen molar-refractivity contribution in [2.75, 3.05) is 5.32 Å². The maximum Gasteiger partial charge on any atom is 0.323 e. The SMILES string of the molecule is CC.O.O.Sc1ccccc1CNc1ccnc(Oc2cncc3ccccc23)n1. The first-order valence-electron chi connectivity index (χ1n) is 9.14. The van der Waals surface area contributed by atoms with Crippen LogP contribution in [0.5, 0.6) is 11.8 Å². The molecule has 2 aromatic heterocycles. The first-order chi connectivity index (χ1) is 13.8. The number of hydrogen-bond donors (Lipinski definition) is 2. The molecule has 0 saturated heterocycles. The normalized spacial score (nSPS) is 9.43. The second-order valence-electron chi connectivity index (χ2n) is 5.67. The summed E-state index contributed by atoms with van der Waals surface area (Å²) in [5.74, 6) is 1.31. The molecular formula is C22H26N4O3S. The number of thiol groups is 1. The summed E-state index contributed by atoms with van der Waals surface area (Å²) in [4.78, 5) is 13.8. The minimum absolute atomic E-state index is 0. The first-order valence-corrected chi connectivity index (χ1v) is 9.59. The summed E-state index contributed by atoms with van der Waals surface area (Å²) >= 11 is 4.46. The van der Waals surface area contributed by atoms with Crippen LogP contribution >= 0.6 is 12.6 Å². The Hall–Kier alpha value is -3.20. The Labute approximate surface area is 181 Å².